The Kier molecular flexibility index (Phi) is 8.94. The van der Waals surface area contributed by atoms with Gasteiger partial charge in [0.1, 0.15) is 6.54 Å². The number of carbonyl (C=O) groups excluding carboxylic acids is 1. The average molecular weight is 390 g/mol. The lowest BCUT2D eigenvalue weighted by atomic mass is 10.0. The molecule has 1 saturated heterocycles. The monoisotopic (exact) mass is 390 g/mol. The highest BCUT2D eigenvalue weighted by atomic mass is 127. The Morgan fingerprint density at radius 3 is 2.84 bits per heavy atom. The van der Waals surface area contributed by atoms with E-state index in [1.807, 2.05) is 4.90 Å². The second kappa shape index (κ2) is 9.27. The highest BCUT2D eigenvalue weighted by Gasteiger charge is 2.17. The third-order valence-electron chi connectivity index (χ3n) is 2.82. The largest absolute Gasteiger partial charge is 0.370 e. The normalized spacial score (nSPS) is 20.1. The molecule has 3 N–H and O–H groups in total. The number of likely N-dealkylation sites (tertiary alicyclic amines) is 1. The summed E-state index contributed by atoms with van der Waals surface area (Å²) in [4.78, 5) is 17.0. The number of nitrogens with one attached hydrogen (secondary N) is 1. The third-order valence-corrected chi connectivity index (χ3v) is 2.82. The van der Waals surface area contributed by atoms with E-state index in [-0.39, 0.29) is 30.5 Å². The fraction of sp³-hybridized carbons (Fsp3) is 0.818. The number of aliphatic imine (C=N–C) groups is 1. The highest BCUT2D eigenvalue weighted by Crippen LogP contribution is 2.14. The summed E-state index contributed by atoms with van der Waals surface area (Å²) in [5.74, 6) is 0.331. The van der Waals surface area contributed by atoms with Crippen molar-refractivity contribution in [3.63, 3.8) is 0 Å². The summed E-state index contributed by atoms with van der Waals surface area (Å²) < 4.78 is 23.7. The molecule has 0 saturated carbocycles. The molecule has 0 aromatic heterocycles. The average Bonchev–Trinajstić information content (AvgIpc) is 2.33. The number of alkyl halides is 2. The van der Waals surface area contributed by atoms with Crippen molar-refractivity contribution in [2.75, 3.05) is 26.2 Å². The summed E-state index contributed by atoms with van der Waals surface area (Å²) >= 11 is 0. The van der Waals surface area contributed by atoms with Crippen molar-refractivity contribution < 1.29 is 13.6 Å². The number of piperidine rings is 1. The van der Waals surface area contributed by atoms with Crippen LogP contribution < -0.4 is 11.1 Å². The van der Waals surface area contributed by atoms with Crippen molar-refractivity contribution in [3.05, 3.63) is 0 Å². The van der Waals surface area contributed by atoms with E-state index in [0.717, 1.165) is 19.5 Å². The summed E-state index contributed by atoms with van der Waals surface area (Å²) in [6, 6.07) is 0. The van der Waals surface area contributed by atoms with Crippen LogP contribution in [-0.2, 0) is 4.79 Å². The summed E-state index contributed by atoms with van der Waals surface area (Å²) in [7, 11) is 0. The fourth-order valence-corrected chi connectivity index (χ4v) is 1.90. The predicted molar refractivity (Wildman–Crippen MR) is 80.9 cm³/mol. The third kappa shape index (κ3) is 7.48. The maximum atomic E-state index is 11.8. The van der Waals surface area contributed by atoms with Gasteiger partial charge in [0, 0.05) is 13.1 Å². The molecule has 0 bridgehead atoms. The molecule has 1 aliphatic heterocycles. The lowest BCUT2D eigenvalue weighted by Gasteiger charge is -2.31. The van der Waals surface area contributed by atoms with Gasteiger partial charge in [0.05, 0.1) is 6.54 Å². The van der Waals surface area contributed by atoms with Crippen LogP contribution in [0, 0.1) is 5.92 Å². The maximum Gasteiger partial charge on any atom is 0.255 e. The van der Waals surface area contributed by atoms with Gasteiger partial charge in [-0.2, -0.15) is 0 Å². The van der Waals surface area contributed by atoms with E-state index in [0.29, 0.717) is 11.9 Å². The van der Waals surface area contributed by atoms with Gasteiger partial charge in [-0.05, 0) is 18.8 Å². The van der Waals surface area contributed by atoms with Crippen LogP contribution in [0.5, 0.6) is 0 Å². The Balaban J connectivity index is 0.00000324. The number of rotatable bonds is 4. The van der Waals surface area contributed by atoms with Gasteiger partial charge in [-0.25, -0.2) is 13.8 Å². The first-order valence-corrected chi connectivity index (χ1v) is 6.08. The molecule has 112 valence electrons. The minimum atomic E-state index is -2.54. The van der Waals surface area contributed by atoms with Gasteiger partial charge < -0.3 is 16.0 Å². The number of nitrogens with two attached hydrogens (primary N) is 1. The van der Waals surface area contributed by atoms with Gasteiger partial charge in [0.25, 0.3) is 6.43 Å². The molecule has 8 heteroatoms. The SMILES string of the molecule is CC1CCCN(C(N)=NCC(=O)NCC(F)F)C1.I. The molecule has 0 aromatic carbocycles. The van der Waals surface area contributed by atoms with Crippen LogP contribution in [0.25, 0.3) is 0 Å². The van der Waals surface area contributed by atoms with Crippen LogP contribution >= 0.6 is 24.0 Å². The van der Waals surface area contributed by atoms with Crippen molar-refractivity contribution in [2.24, 2.45) is 16.6 Å². The number of guanidine groups is 1. The lowest BCUT2D eigenvalue weighted by molar-refractivity contribution is -0.120. The molecule has 0 aliphatic carbocycles. The smallest absolute Gasteiger partial charge is 0.255 e. The maximum absolute atomic E-state index is 11.8. The minimum absolute atomic E-state index is 0. The van der Waals surface area contributed by atoms with Crippen LogP contribution in [0.15, 0.2) is 4.99 Å². The molecule has 1 amide bonds. The minimum Gasteiger partial charge on any atom is -0.370 e. The number of carbonyl (C=O) groups is 1. The number of hydrogen-bond acceptors (Lipinski definition) is 2. The van der Waals surface area contributed by atoms with Gasteiger partial charge >= 0.3 is 0 Å². The zero-order chi connectivity index (χ0) is 13.5. The van der Waals surface area contributed by atoms with Gasteiger partial charge in [-0.15, -0.1) is 24.0 Å². The van der Waals surface area contributed by atoms with Crippen molar-refractivity contribution in [1.82, 2.24) is 10.2 Å². The Bertz CT molecular complexity index is 315. The Labute approximate surface area is 129 Å². The first-order chi connectivity index (χ1) is 8.49. The Hall–Kier alpha value is -0.670. The fourth-order valence-electron chi connectivity index (χ4n) is 1.90. The summed E-state index contributed by atoms with van der Waals surface area (Å²) in [6.45, 7) is 2.94. The first-order valence-electron chi connectivity index (χ1n) is 6.08. The predicted octanol–water partition coefficient (Wildman–Crippen LogP) is 1.03. The molecule has 0 radical (unpaired) electrons. The van der Waals surface area contributed by atoms with E-state index in [9.17, 15) is 13.6 Å². The van der Waals surface area contributed by atoms with Gasteiger partial charge in [-0.1, -0.05) is 6.92 Å². The van der Waals surface area contributed by atoms with E-state index in [1.165, 1.54) is 6.42 Å². The van der Waals surface area contributed by atoms with E-state index in [2.05, 4.69) is 17.2 Å². The zero-order valence-electron chi connectivity index (χ0n) is 10.9. The molecule has 1 rings (SSSR count). The molecular formula is C11H21F2IN4O. The lowest BCUT2D eigenvalue weighted by Crippen LogP contribution is -2.44. The molecular weight excluding hydrogens is 369 g/mol. The standard InChI is InChI=1S/C11H20F2N4O.HI/c1-8-3-2-4-17(7-8)11(14)16-6-10(18)15-5-9(12)13;/h8-9H,2-7H2,1H3,(H2,14,16)(H,15,18);1H. The van der Waals surface area contributed by atoms with Crippen LogP contribution in [0.1, 0.15) is 19.8 Å². The van der Waals surface area contributed by atoms with Crippen molar-refractivity contribution in [3.8, 4) is 0 Å². The van der Waals surface area contributed by atoms with E-state index in [4.69, 9.17) is 5.73 Å². The van der Waals surface area contributed by atoms with Gasteiger partial charge in [0.15, 0.2) is 5.96 Å². The topological polar surface area (TPSA) is 70.7 Å². The second-order valence-corrected chi connectivity index (χ2v) is 4.56. The molecule has 1 atom stereocenters. The summed E-state index contributed by atoms with van der Waals surface area (Å²) in [5, 5.41) is 2.08. The van der Waals surface area contributed by atoms with Gasteiger partial charge in [-0.3, -0.25) is 4.79 Å². The highest BCUT2D eigenvalue weighted by molar-refractivity contribution is 14.0. The second-order valence-electron chi connectivity index (χ2n) is 4.56. The Morgan fingerprint density at radius 1 is 1.58 bits per heavy atom. The first kappa shape index (κ1) is 18.3. The quantitative estimate of drug-likeness (QED) is 0.428. The van der Waals surface area contributed by atoms with Crippen LogP contribution in [-0.4, -0.2) is 49.4 Å². The zero-order valence-corrected chi connectivity index (χ0v) is 13.3. The van der Waals surface area contributed by atoms with E-state index < -0.39 is 18.9 Å². The molecule has 1 unspecified atom stereocenters. The van der Waals surface area contributed by atoms with Crippen molar-refractivity contribution in [1.29, 1.82) is 0 Å². The van der Waals surface area contributed by atoms with Crippen molar-refractivity contribution >= 4 is 35.8 Å². The number of amides is 1. The van der Waals surface area contributed by atoms with Crippen LogP contribution in [0.3, 0.4) is 0 Å². The molecule has 1 aliphatic rings. The van der Waals surface area contributed by atoms with Gasteiger partial charge in [0.2, 0.25) is 5.91 Å². The molecule has 1 heterocycles. The van der Waals surface area contributed by atoms with Crippen LogP contribution in [0.4, 0.5) is 8.78 Å². The van der Waals surface area contributed by atoms with E-state index in [1.54, 1.807) is 0 Å². The van der Waals surface area contributed by atoms with E-state index >= 15 is 0 Å². The Morgan fingerprint density at radius 2 is 2.26 bits per heavy atom. The molecule has 0 spiro atoms. The number of nitrogens with zero attached hydrogens (tertiary/aromatic N) is 2. The van der Waals surface area contributed by atoms with Crippen LogP contribution in [0.2, 0.25) is 0 Å². The molecule has 1 fully saturated rings. The van der Waals surface area contributed by atoms with Crippen molar-refractivity contribution in [2.45, 2.75) is 26.2 Å². The summed E-state index contributed by atoms with van der Waals surface area (Å²) in [5.41, 5.74) is 5.76. The molecule has 19 heavy (non-hydrogen) atoms. The number of hydrogen-bond donors (Lipinski definition) is 2. The summed E-state index contributed by atoms with van der Waals surface area (Å²) in [6.07, 6.45) is -0.327. The molecule has 0 aromatic rings. The molecule has 5 nitrogen and oxygen atoms in total. The number of halogens is 3.